The first kappa shape index (κ1) is 15.5. The number of anilines is 1. The van der Waals surface area contributed by atoms with E-state index in [1.165, 1.54) is 0 Å². The van der Waals surface area contributed by atoms with E-state index in [0.29, 0.717) is 12.2 Å². The fraction of sp³-hybridized carbons (Fsp3) is 0.533. The first-order valence-corrected chi connectivity index (χ1v) is 6.83. The second-order valence-electron chi connectivity index (χ2n) is 4.94. The van der Waals surface area contributed by atoms with Gasteiger partial charge in [-0.15, -0.1) is 0 Å². The molecule has 0 bridgehead atoms. The standard InChI is InChI=1S/C15H24N2O2/c1-5-17(4,6-2)11-12-19-15(18)13-7-9-14(16-3)10-8-13/h7-10H,5-6,11-12H2,1-4H3/p+1. The quantitative estimate of drug-likeness (QED) is 0.607. The van der Waals surface area contributed by atoms with E-state index in [9.17, 15) is 4.79 Å². The summed E-state index contributed by atoms with van der Waals surface area (Å²) in [7, 11) is 4.02. The van der Waals surface area contributed by atoms with Crippen molar-refractivity contribution in [1.82, 2.24) is 0 Å². The van der Waals surface area contributed by atoms with E-state index in [1.807, 2.05) is 19.2 Å². The minimum absolute atomic E-state index is 0.249. The summed E-state index contributed by atoms with van der Waals surface area (Å²) in [6.07, 6.45) is 0. The monoisotopic (exact) mass is 265 g/mol. The van der Waals surface area contributed by atoms with Gasteiger partial charge >= 0.3 is 5.97 Å². The number of hydrogen-bond donors (Lipinski definition) is 1. The number of benzene rings is 1. The average Bonchev–Trinajstić information content (AvgIpc) is 2.47. The molecule has 0 aromatic heterocycles. The molecule has 4 nitrogen and oxygen atoms in total. The summed E-state index contributed by atoms with van der Waals surface area (Å²) in [5.41, 5.74) is 1.58. The Hall–Kier alpha value is -1.55. The van der Waals surface area contributed by atoms with E-state index in [-0.39, 0.29) is 5.97 Å². The lowest BCUT2D eigenvalue weighted by molar-refractivity contribution is -0.906. The van der Waals surface area contributed by atoms with Crippen LogP contribution in [0.4, 0.5) is 5.69 Å². The van der Waals surface area contributed by atoms with E-state index in [0.717, 1.165) is 29.8 Å². The Morgan fingerprint density at radius 2 is 1.79 bits per heavy atom. The molecule has 1 aromatic carbocycles. The average molecular weight is 265 g/mol. The molecule has 0 radical (unpaired) electrons. The number of likely N-dealkylation sites (N-methyl/N-ethyl adjacent to an activating group) is 1. The molecule has 0 heterocycles. The van der Waals surface area contributed by atoms with Crippen molar-refractivity contribution >= 4 is 11.7 Å². The van der Waals surface area contributed by atoms with Crippen LogP contribution in [0.15, 0.2) is 24.3 Å². The molecule has 19 heavy (non-hydrogen) atoms. The van der Waals surface area contributed by atoms with E-state index in [4.69, 9.17) is 4.74 Å². The molecule has 0 unspecified atom stereocenters. The van der Waals surface area contributed by atoms with E-state index < -0.39 is 0 Å². The maximum Gasteiger partial charge on any atom is 0.338 e. The van der Waals surface area contributed by atoms with Crippen molar-refractivity contribution in [3.8, 4) is 0 Å². The third-order valence-corrected chi connectivity index (χ3v) is 3.80. The van der Waals surface area contributed by atoms with Gasteiger partial charge in [0.15, 0.2) is 0 Å². The number of hydrogen-bond acceptors (Lipinski definition) is 3. The fourth-order valence-corrected chi connectivity index (χ4v) is 1.75. The van der Waals surface area contributed by atoms with Gasteiger partial charge in [0.2, 0.25) is 0 Å². The highest BCUT2D eigenvalue weighted by Gasteiger charge is 2.17. The van der Waals surface area contributed by atoms with Crippen LogP contribution in [0.1, 0.15) is 24.2 Å². The molecule has 1 rings (SSSR count). The van der Waals surface area contributed by atoms with Crippen molar-refractivity contribution in [2.75, 3.05) is 45.7 Å². The lowest BCUT2D eigenvalue weighted by atomic mass is 10.2. The molecule has 0 aliphatic heterocycles. The predicted molar refractivity (Wildman–Crippen MR) is 78.4 cm³/mol. The zero-order chi connectivity index (χ0) is 14.3. The molecule has 0 atom stereocenters. The van der Waals surface area contributed by atoms with Crippen LogP contribution >= 0.6 is 0 Å². The Morgan fingerprint density at radius 1 is 1.21 bits per heavy atom. The van der Waals surface area contributed by atoms with Crippen LogP contribution in [-0.2, 0) is 4.74 Å². The van der Waals surface area contributed by atoms with Gasteiger partial charge in [-0.2, -0.15) is 0 Å². The molecular weight excluding hydrogens is 240 g/mol. The summed E-state index contributed by atoms with van der Waals surface area (Å²) in [4.78, 5) is 11.9. The molecule has 0 saturated carbocycles. The van der Waals surface area contributed by atoms with Gasteiger partial charge in [0.1, 0.15) is 13.2 Å². The second kappa shape index (κ2) is 7.14. The van der Waals surface area contributed by atoms with Gasteiger partial charge in [-0.3, -0.25) is 0 Å². The Balaban J connectivity index is 2.46. The number of esters is 1. The molecule has 0 amide bonds. The van der Waals surface area contributed by atoms with Crippen molar-refractivity contribution in [2.45, 2.75) is 13.8 Å². The maximum absolute atomic E-state index is 11.9. The number of nitrogens with one attached hydrogen (secondary N) is 1. The van der Waals surface area contributed by atoms with Gasteiger partial charge in [-0.1, -0.05) is 0 Å². The molecule has 0 aliphatic rings. The van der Waals surface area contributed by atoms with Crippen molar-refractivity contribution in [2.24, 2.45) is 0 Å². The van der Waals surface area contributed by atoms with Gasteiger partial charge in [0.05, 0.1) is 25.7 Å². The van der Waals surface area contributed by atoms with Crippen LogP contribution in [0.3, 0.4) is 0 Å². The van der Waals surface area contributed by atoms with Crippen molar-refractivity contribution in [3.63, 3.8) is 0 Å². The summed E-state index contributed by atoms with van der Waals surface area (Å²) < 4.78 is 6.25. The molecule has 0 saturated heterocycles. The van der Waals surface area contributed by atoms with Crippen molar-refractivity contribution < 1.29 is 14.0 Å². The SMILES string of the molecule is CC[N+](C)(CC)CCOC(=O)c1ccc(NC)cc1. The van der Waals surface area contributed by atoms with Gasteiger partial charge in [-0.25, -0.2) is 4.79 Å². The van der Waals surface area contributed by atoms with Crippen LogP contribution < -0.4 is 5.32 Å². The van der Waals surface area contributed by atoms with E-state index >= 15 is 0 Å². The zero-order valence-corrected chi connectivity index (χ0v) is 12.4. The number of quaternary nitrogens is 1. The summed E-state index contributed by atoms with van der Waals surface area (Å²) in [6.45, 7) is 7.72. The molecule has 4 heteroatoms. The molecule has 0 spiro atoms. The lowest BCUT2D eigenvalue weighted by Gasteiger charge is -2.31. The fourth-order valence-electron chi connectivity index (χ4n) is 1.75. The summed E-state index contributed by atoms with van der Waals surface area (Å²) in [5, 5.41) is 3.02. The van der Waals surface area contributed by atoms with Crippen LogP contribution in [0.5, 0.6) is 0 Å². The number of rotatable bonds is 7. The smallest absolute Gasteiger partial charge is 0.338 e. The Kier molecular flexibility index (Phi) is 5.83. The Labute approximate surface area is 116 Å². The van der Waals surface area contributed by atoms with Crippen LogP contribution in [0.2, 0.25) is 0 Å². The summed E-state index contributed by atoms with van der Waals surface area (Å²) in [6, 6.07) is 7.30. The molecule has 1 aromatic rings. The van der Waals surface area contributed by atoms with Gasteiger partial charge < -0.3 is 14.5 Å². The number of ether oxygens (including phenoxy) is 1. The minimum atomic E-state index is -0.249. The second-order valence-corrected chi connectivity index (χ2v) is 4.94. The summed E-state index contributed by atoms with van der Waals surface area (Å²) >= 11 is 0. The van der Waals surface area contributed by atoms with Gasteiger partial charge in [0, 0.05) is 12.7 Å². The molecule has 106 valence electrons. The molecular formula is C15H25N2O2+. The van der Waals surface area contributed by atoms with Crippen LogP contribution in [0.25, 0.3) is 0 Å². The first-order chi connectivity index (χ1) is 9.04. The molecule has 0 aliphatic carbocycles. The highest BCUT2D eigenvalue weighted by atomic mass is 16.5. The largest absolute Gasteiger partial charge is 0.456 e. The predicted octanol–water partition coefficient (Wildman–Crippen LogP) is 2.37. The lowest BCUT2D eigenvalue weighted by Crippen LogP contribution is -2.46. The van der Waals surface area contributed by atoms with Crippen molar-refractivity contribution in [1.29, 1.82) is 0 Å². The number of nitrogens with zero attached hydrogens (tertiary/aromatic N) is 1. The number of carbonyl (C=O) groups excluding carboxylic acids is 1. The highest BCUT2D eigenvalue weighted by Crippen LogP contribution is 2.10. The number of carbonyl (C=O) groups is 1. The zero-order valence-electron chi connectivity index (χ0n) is 12.4. The van der Waals surface area contributed by atoms with Crippen LogP contribution in [-0.4, -0.2) is 50.8 Å². The highest BCUT2D eigenvalue weighted by molar-refractivity contribution is 5.89. The molecule has 0 fully saturated rings. The first-order valence-electron chi connectivity index (χ1n) is 6.83. The Bertz CT molecular complexity index is 397. The Morgan fingerprint density at radius 3 is 2.26 bits per heavy atom. The maximum atomic E-state index is 11.9. The normalized spacial score (nSPS) is 11.2. The van der Waals surface area contributed by atoms with E-state index in [1.54, 1.807) is 12.1 Å². The third-order valence-electron chi connectivity index (χ3n) is 3.80. The van der Waals surface area contributed by atoms with Gasteiger partial charge in [-0.05, 0) is 38.1 Å². The summed E-state index contributed by atoms with van der Waals surface area (Å²) in [5.74, 6) is -0.249. The third kappa shape index (κ3) is 4.56. The topological polar surface area (TPSA) is 38.3 Å². The van der Waals surface area contributed by atoms with Gasteiger partial charge in [0.25, 0.3) is 0 Å². The molecule has 1 N–H and O–H groups in total. The van der Waals surface area contributed by atoms with Crippen LogP contribution in [0, 0.1) is 0 Å². The van der Waals surface area contributed by atoms with E-state index in [2.05, 4.69) is 26.2 Å². The minimum Gasteiger partial charge on any atom is -0.456 e. The van der Waals surface area contributed by atoms with Crippen molar-refractivity contribution in [3.05, 3.63) is 29.8 Å².